The van der Waals surface area contributed by atoms with E-state index in [0.717, 1.165) is 24.3 Å². The van der Waals surface area contributed by atoms with Crippen LogP contribution in [0.1, 0.15) is 30.7 Å². The van der Waals surface area contributed by atoms with Gasteiger partial charge in [-0.1, -0.05) is 0 Å². The van der Waals surface area contributed by atoms with E-state index in [1.54, 1.807) is 13.2 Å². The number of nitrogens with two attached hydrogens (primary N) is 1. The van der Waals surface area contributed by atoms with E-state index in [1.165, 1.54) is 0 Å². The number of aromatic nitrogens is 2. The monoisotopic (exact) mass is 336 g/mol. The molecule has 0 saturated carbocycles. The van der Waals surface area contributed by atoms with Crippen LogP contribution in [0, 0.1) is 22.7 Å². The average molecular weight is 336 g/mol. The Morgan fingerprint density at radius 2 is 2.08 bits per heavy atom. The number of nitrogens with zero attached hydrogens (tertiary/aromatic N) is 4. The maximum Gasteiger partial charge on any atom is 0.163 e. The molecule has 1 aromatic carbocycles. The van der Waals surface area contributed by atoms with Gasteiger partial charge in [0.05, 0.1) is 18.4 Å². The predicted octanol–water partition coefficient (Wildman–Crippen LogP) is 2.78. The van der Waals surface area contributed by atoms with Crippen molar-refractivity contribution in [3.8, 4) is 17.9 Å². The van der Waals surface area contributed by atoms with Gasteiger partial charge in [0.25, 0.3) is 0 Å². The zero-order valence-electron chi connectivity index (χ0n) is 14.5. The molecule has 0 amide bonds. The number of hydrogen-bond acceptors (Lipinski definition) is 6. The number of nitriles is 2. The lowest BCUT2D eigenvalue weighted by molar-refractivity contribution is 0.414. The highest BCUT2D eigenvalue weighted by Crippen LogP contribution is 2.30. The molecule has 0 aliphatic rings. The van der Waals surface area contributed by atoms with Crippen LogP contribution in [0.25, 0.3) is 11.6 Å². The zero-order valence-corrected chi connectivity index (χ0v) is 14.5. The van der Waals surface area contributed by atoms with Gasteiger partial charge in [-0.15, -0.1) is 0 Å². The van der Waals surface area contributed by atoms with Gasteiger partial charge in [0.15, 0.2) is 5.82 Å². The summed E-state index contributed by atoms with van der Waals surface area (Å²) in [5, 5.41) is 25.1. The molecule has 1 aromatic heterocycles. The molecule has 128 valence electrons. The van der Waals surface area contributed by atoms with Crippen LogP contribution in [0.5, 0.6) is 5.75 Å². The van der Waals surface area contributed by atoms with Crippen molar-refractivity contribution in [3.63, 3.8) is 0 Å². The minimum atomic E-state index is 0.0718. The zero-order chi connectivity index (χ0) is 18.4. The van der Waals surface area contributed by atoms with Crippen molar-refractivity contribution in [1.29, 1.82) is 10.5 Å². The number of aromatic amines is 1. The molecule has 1 heterocycles. The third kappa shape index (κ3) is 3.56. The highest BCUT2D eigenvalue weighted by molar-refractivity contribution is 5.92. The molecule has 0 spiro atoms. The molecule has 0 atom stereocenters. The molecule has 7 heteroatoms. The van der Waals surface area contributed by atoms with E-state index in [1.807, 2.05) is 24.3 Å². The molecule has 0 saturated heterocycles. The summed E-state index contributed by atoms with van der Waals surface area (Å²) in [6.07, 6.45) is 1.65. The van der Waals surface area contributed by atoms with Gasteiger partial charge >= 0.3 is 0 Å². The van der Waals surface area contributed by atoms with Crippen LogP contribution in [0.3, 0.4) is 0 Å². The summed E-state index contributed by atoms with van der Waals surface area (Å²) in [7, 11) is 1.58. The fourth-order valence-electron chi connectivity index (χ4n) is 2.58. The van der Waals surface area contributed by atoms with Gasteiger partial charge in [0.1, 0.15) is 23.5 Å². The molecule has 0 bridgehead atoms. The Bertz CT molecular complexity index is 865. The van der Waals surface area contributed by atoms with Gasteiger partial charge in [-0.2, -0.15) is 15.6 Å². The second-order valence-corrected chi connectivity index (χ2v) is 5.24. The maximum atomic E-state index is 9.49. The van der Waals surface area contributed by atoms with Gasteiger partial charge < -0.3 is 15.4 Å². The van der Waals surface area contributed by atoms with Crippen molar-refractivity contribution < 1.29 is 4.74 Å². The SMILES string of the molecule is CCN(CC)c1ccc(C=C(C#N)c2[nH]nc(N)c2C#N)c(OC)c1. The number of nitrogens with one attached hydrogen (secondary N) is 1. The summed E-state index contributed by atoms with van der Waals surface area (Å²) in [5.74, 6) is 0.714. The number of nitrogen functional groups attached to an aromatic ring is 1. The smallest absolute Gasteiger partial charge is 0.163 e. The first-order valence-corrected chi connectivity index (χ1v) is 7.88. The second kappa shape index (κ2) is 7.89. The molecule has 3 N–H and O–H groups in total. The number of anilines is 2. The largest absolute Gasteiger partial charge is 0.496 e. The first-order chi connectivity index (χ1) is 12.1. The van der Waals surface area contributed by atoms with Crippen molar-refractivity contribution in [2.24, 2.45) is 0 Å². The number of rotatable bonds is 6. The van der Waals surface area contributed by atoms with Crippen molar-refractivity contribution in [2.75, 3.05) is 30.8 Å². The van der Waals surface area contributed by atoms with Crippen LogP contribution in [0.2, 0.25) is 0 Å². The summed E-state index contributed by atoms with van der Waals surface area (Å²) >= 11 is 0. The van der Waals surface area contributed by atoms with Gasteiger partial charge in [0.2, 0.25) is 0 Å². The van der Waals surface area contributed by atoms with Gasteiger partial charge in [0, 0.05) is 30.4 Å². The van der Waals surface area contributed by atoms with E-state index < -0.39 is 0 Å². The third-order valence-electron chi connectivity index (χ3n) is 3.94. The third-order valence-corrected chi connectivity index (χ3v) is 3.94. The van der Waals surface area contributed by atoms with Crippen LogP contribution in [0.15, 0.2) is 18.2 Å². The normalized spacial score (nSPS) is 10.8. The molecular formula is C18H20N6O. The highest BCUT2D eigenvalue weighted by Gasteiger charge is 2.15. The van der Waals surface area contributed by atoms with E-state index in [-0.39, 0.29) is 17.0 Å². The summed E-state index contributed by atoms with van der Waals surface area (Å²) in [5.41, 5.74) is 8.14. The van der Waals surface area contributed by atoms with Crippen molar-refractivity contribution in [1.82, 2.24) is 10.2 Å². The highest BCUT2D eigenvalue weighted by atomic mass is 16.5. The maximum absolute atomic E-state index is 9.49. The first-order valence-electron chi connectivity index (χ1n) is 7.88. The van der Waals surface area contributed by atoms with Gasteiger partial charge in [-0.25, -0.2) is 0 Å². The van der Waals surface area contributed by atoms with E-state index in [4.69, 9.17) is 10.5 Å². The number of allylic oxidation sites excluding steroid dienone is 1. The van der Waals surface area contributed by atoms with Crippen molar-refractivity contribution in [2.45, 2.75) is 13.8 Å². The lowest BCUT2D eigenvalue weighted by atomic mass is 10.0. The number of benzene rings is 1. The van der Waals surface area contributed by atoms with Crippen molar-refractivity contribution >= 4 is 23.2 Å². The van der Waals surface area contributed by atoms with Crippen LogP contribution < -0.4 is 15.4 Å². The Hall–Kier alpha value is -3.45. The molecule has 2 rings (SSSR count). The standard InChI is InChI=1S/C18H20N6O/c1-4-24(5-2)14-7-6-12(16(9-14)25-3)8-13(10-19)17-15(11-20)18(21)23-22-17/h6-9H,4-5H2,1-3H3,(H3,21,22,23). The number of methoxy groups -OCH3 is 1. The van der Waals surface area contributed by atoms with Gasteiger partial charge in [-0.05, 0) is 32.1 Å². The minimum absolute atomic E-state index is 0.0718. The fraction of sp³-hybridized carbons (Fsp3) is 0.278. The molecule has 7 nitrogen and oxygen atoms in total. The molecule has 25 heavy (non-hydrogen) atoms. The molecule has 0 aliphatic carbocycles. The fourth-order valence-corrected chi connectivity index (χ4v) is 2.58. The average Bonchev–Trinajstić information content (AvgIpc) is 3.01. The first kappa shape index (κ1) is 17.9. The molecule has 0 fully saturated rings. The lowest BCUT2D eigenvalue weighted by Crippen LogP contribution is -2.21. The van der Waals surface area contributed by atoms with Crippen LogP contribution in [-0.2, 0) is 0 Å². The molecule has 0 unspecified atom stereocenters. The Kier molecular flexibility index (Phi) is 5.65. The lowest BCUT2D eigenvalue weighted by Gasteiger charge is -2.22. The van der Waals surface area contributed by atoms with Gasteiger partial charge in [-0.3, -0.25) is 5.10 Å². The van der Waals surface area contributed by atoms with Crippen LogP contribution in [-0.4, -0.2) is 30.4 Å². The topological polar surface area (TPSA) is 115 Å². The molecule has 0 aliphatic heterocycles. The summed E-state index contributed by atoms with van der Waals surface area (Å²) in [6.45, 7) is 5.95. The summed E-state index contributed by atoms with van der Waals surface area (Å²) in [4.78, 5) is 2.20. The van der Waals surface area contributed by atoms with E-state index in [9.17, 15) is 10.5 Å². The van der Waals surface area contributed by atoms with Crippen LogP contribution in [0.4, 0.5) is 11.5 Å². The quantitative estimate of drug-likeness (QED) is 0.784. The minimum Gasteiger partial charge on any atom is -0.496 e. The summed E-state index contributed by atoms with van der Waals surface area (Å²) < 4.78 is 5.47. The summed E-state index contributed by atoms with van der Waals surface area (Å²) in [6, 6.07) is 9.84. The number of H-pyrrole nitrogens is 1. The van der Waals surface area contributed by atoms with E-state index in [2.05, 4.69) is 35.0 Å². The Morgan fingerprint density at radius 1 is 1.36 bits per heavy atom. The number of ether oxygens (including phenoxy) is 1. The van der Waals surface area contributed by atoms with E-state index in [0.29, 0.717) is 11.4 Å². The van der Waals surface area contributed by atoms with Crippen molar-refractivity contribution in [3.05, 3.63) is 35.0 Å². The Morgan fingerprint density at radius 3 is 2.64 bits per heavy atom. The second-order valence-electron chi connectivity index (χ2n) is 5.24. The predicted molar refractivity (Wildman–Crippen MR) is 97.8 cm³/mol. The number of hydrogen-bond donors (Lipinski definition) is 2. The van der Waals surface area contributed by atoms with E-state index >= 15 is 0 Å². The molecular weight excluding hydrogens is 316 g/mol. The Labute approximate surface area is 146 Å². The molecule has 2 aromatic rings. The molecule has 0 radical (unpaired) electrons. The van der Waals surface area contributed by atoms with Crippen LogP contribution >= 0.6 is 0 Å². The Balaban J connectivity index is 2.51.